The third kappa shape index (κ3) is 3.88. The van der Waals surface area contributed by atoms with Crippen LogP contribution in [0.3, 0.4) is 0 Å². The number of anilines is 1. The quantitative estimate of drug-likeness (QED) is 0.832. The number of halogens is 4. The molecule has 0 heterocycles. The highest BCUT2D eigenvalue weighted by Gasteiger charge is 2.05. The Labute approximate surface area is 113 Å². The average Bonchev–Trinajstić information content (AvgIpc) is 2.41. The van der Waals surface area contributed by atoms with Crippen molar-refractivity contribution in [2.75, 3.05) is 5.32 Å². The highest BCUT2D eigenvalue weighted by atomic mass is 19.3. The van der Waals surface area contributed by atoms with Crippen molar-refractivity contribution < 1.29 is 22.3 Å². The van der Waals surface area contributed by atoms with Crippen LogP contribution in [-0.4, -0.2) is 6.61 Å². The van der Waals surface area contributed by atoms with Gasteiger partial charge in [-0.15, -0.1) is 0 Å². The number of alkyl halides is 2. The van der Waals surface area contributed by atoms with Gasteiger partial charge in [-0.1, -0.05) is 12.1 Å². The summed E-state index contributed by atoms with van der Waals surface area (Å²) in [5, 5.41) is 2.73. The van der Waals surface area contributed by atoms with Crippen molar-refractivity contribution in [2.24, 2.45) is 0 Å². The molecule has 0 radical (unpaired) electrons. The van der Waals surface area contributed by atoms with Crippen molar-refractivity contribution in [3.05, 3.63) is 59.7 Å². The maximum atomic E-state index is 13.3. The van der Waals surface area contributed by atoms with E-state index in [1.807, 2.05) is 0 Å². The first-order valence-corrected chi connectivity index (χ1v) is 5.77. The number of rotatable bonds is 5. The Balaban J connectivity index is 1.98. The van der Waals surface area contributed by atoms with Gasteiger partial charge in [-0.3, -0.25) is 0 Å². The summed E-state index contributed by atoms with van der Waals surface area (Å²) >= 11 is 0. The Morgan fingerprint density at radius 3 is 2.35 bits per heavy atom. The number of ether oxygens (including phenoxy) is 1. The molecule has 0 unspecified atom stereocenters. The number of benzene rings is 2. The maximum Gasteiger partial charge on any atom is 0.387 e. The van der Waals surface area contributed by atoms with Crippen LogP contribution in [0.1, 0.15) is 5.56 Å². The van der Waals surface area contributed by atoms with Crippen LogP contribution in [0.4, 0.5) is 23.2 Å². The lowest BCUT2D eigenvalue weighted by Gasteiger charge is -2.09. The van der Waals surface area contributed by atoms with Gasteiger partial charge in [0.2, 0.25) is 0 Å². The molecule has 0 saturated heterocycles. The molecular formula is C14H11F4NO. The molecule has 6 heteroatoms. The van der Waals surface area contributed by atoms with Crippen LogP contribution in [0.5, 0.6) is 5.75 Å². The minimum atomic E-state index is -2.87. The molecule has 0 saturated carbocycles. The monoisotopic (exact) mass is 285 g/mol. The third-order valence-electron chi connectivity index (χ3n) is 2.56. The van der Waals surface area contributed by atoms with E-state index in [-0.39, 0.29) is 18.0 Å². The normalized spacial score (nSPS) is 10.7. The van der Waals surface area contributed by atoms with E-state index < -0.39 is 18.2 Å². The lowest BCUT2D eigenvalue weighted by molar-refractivity contribution is -0.0498. The minimum absolute atomic E-state index is 0.0397. The van der Waals surface area contributed by atoms with Gasteiger partial charge in [0.15, 0.2) is 0 Å². The molecule has 0 aliphatic carbocycles. The molecule has 106 valence electrons. The van der Waals surface area contributed by atoms with Crippen LogP contribution >= 0.6 is 0 Å². The largest absolute Gasteiger partial charge is 0.435 e. The number of nitrogens with one attached hydrogen (secondary N) is 1. The van der Waals surface area contributed by atoms with Crippen molar-refractivity contribution >= 4 is 5.69 Å². The van der Waals surface area contributed by atoms with Gasteiger partial charge < -0.3 is 10.1 Å². The van der Waals surface area contributed by atoms with Crippen LogP contribution in [0.15, 0.2) is 42.5 Å². The smallest absolute Gasteiger partial charge is 0.387 e. The Morgan fingerprint density at radius 2 is 1.70 bits per heavy atom. The zero-order chi connectivity index (χ0) is 14.5. The van der Waals surface area contributed by atoms with Crippen LogP contribution in [0.25, 0.3) is 0 Å². The fraction of sp³-hybridized carbons (Fsp3) is 0.143. The van der Waals surface area contributed by atoms with Crippen molar-refractivity contribution in [3.8, 4) is 5.75 Å². The molecule has 0 aliphatic rings. The summed E-state index contributed by atoms with van der Waals surface area (Å²) in [5.41, 5.74) is 0.758. The van der Waals surface area contributed by atoms with Crippen LogP contribution < -0.4 is 10.1 Å². The first-order valence-electron chi connectivity index (χ1n) is 5.77. The second-order valence-corrected chi connectivity index (χ2v) is 4.00. The molecule has 20 heavy (non-hydrogen) atoms. The van der Waals surface area contributed by atoms with Gasteiger partial charge in [0.05, 0.1) is 5.69 Å². The number of hydrogen-bond donors (Lipinski definition) is 1. The maximum absolute atomic E-state index is 13.3. The Hall–Kier alpha value is -2.24. The van der Waals surface area contributed by atoms with Crippen molar-refractivity contribution in [1.29, 1.82) is 0 Å². The van der Waals surface area contributed by atoms with Crippen LogP contribution in [0.2, 0.25) is 0 Å². The fourth-order valence-corrected chi connectivity index (χ4v) is 1.62. The standard InChI is InChI=1S/C14H11F4NO/c15-10-3-6-12(16)13(7-10)19-8-9-1-4-11(5-2-9)20-14(17)18/h1-7,14,19H,8H2. The Morgan fingerprint density at radius 1 is 1.00 bits per heavy atom. The summed E-state index contributed by atoms with van der Waals surface area (Å²) in [7, 11) is 0. The molecule has 0 bridgehead atoms. The molecule has 0 amide bonds. The van der Waals surface area contributed by atoms with E-state index in [4.69, 9.17) is 0 Å². The van der Waals surface area contributed by atoms with Gasteiger partial charge in [0, 0.05) is 6.54 Å². The van der Waals surface area contributed by atoms with E-state index >= 15 is 0 Å². The third-order valence-corrected chi connectivity index (χ3v) is 2.56. The van der Waals surface area contributed by atoms with Gasteiger partial charge >= 0.3 is 6.61 Å². The molecule has 1 N–H and O–H groups in total. The van der Waals surface area contributed by atoms with Gasteiger partial charge in [-0.05, 0) is 35.9 Å². The summed E-state index contributed by atoms with van der Waals surface area (Å²) in [6.07, 6.45) is 0. The van der Waals surface area contributed by atoms with E-state index in [2.05, 4.69) is 10.1 Å². The van der Waals surface area contributed by atoms with Gasteiger partial charge in [0.25, 0.3) is 0 Å². The Kier molecular flexibility index (Phi) is 4.45. The summed E-state index contributed by atoms with van der Waals surface area (Å²) in [6, 6.07) is 8.97. The van der Waals surface area contributed by atoms with Gasteiger partial charge in [0.1, 0.15) is 17.4 Å². The van der Waals surface area contributed by atoms with E-state index in [0.29, 0.717) is 0 Å². The summed E-state index contributed by atoms with van der Waals surface area (Å²) in [5.74, 6) is -1.07. The molecule has 0 fully saturated rings. The molecule has 2 aromatic carbocycles. The lowest BCUT2D eigenvalue weighted by atomic mass is 10.2. The van der Waals surface area contributed by atoms with E-state index in [9.17, 15) is 17.6 Å². The average molecular weight is 285 g/mol. The fourth-order valence-electron chi connectivity index (χ4n) is 1.62. The molecule has 0 aliphatic heterocycles. The molecule has 0 spiro atoms. The zero-order valence-electron chi connectivity index (χ0n) is 10.2. The van der Waals surface area contributed by atoms with Crippen LogP contribution in [-0.2, 0) is 6.54 Å². The summed E-state index contributed by atoms with van der Waals surface area (Å²) < 4.78 is 54.4. The van der Waals surface area contributed by atoms with Crippen molar-refractivity contribution in [3.63, 3.8) is 0 Å². The first-order chi connectivity index (χ1) is 9.54. The van der Waals surface area contributed by atoms with Crippen molar-refractivity contribution in [1.82, 2.24) is 0 Å². The minimum Gasteiger partial charge on any atom is -0.435 e. The van der Waals surface area contributed by atoms with E-state index in [1.165, 1.54) is 12.1 Å². The molecule has 0 atom stereocenters. The predicted molar refractivity (Wildman–Crippen MR) is 66.8 cm³/mol. The predicted octanol–water partition coefficient (Wildman–Crippen LogP) is 4.18. The summed E-state index contributed by atoms with van der Waals surface area (Å²) in [6.45, 7) is -2.64. The Bertz CT molecular complexity index is 572. The van der Waals surface area contributed by atoms with E-state index in [1.54, 1.807) is 12.1 Å². The second kappa shape index (κ2) is 6.27. The first kappa shape index (κ1) is 14.2. The molecule has 2 aromatic rings. The second-order valence-electron chi connectivity index (χ2n) is 4.00. The molecule has 0 aromatic heterocycles. The molecular weight excluding hydrogens is 274 g/mol. The van der Waals surface area contributed by atoms with Gasteiger partial charge in [-0.25, -0.2) is 8.78 Å². The van der Waals surface area contributed by atoms with Crippen molar-refractivity contribution in [2.45, 2.75) is 13.2 Å². The van der Waals surface area contributed by atoms with Gasteiger partial charge in [-0.2, -0.15) is 8.78 Å². The van der Waals surface area contributed by atoms with E-state index in [0.717, 1.165) is 23.8 Å². The highest BCUT2D eigenvalue weighted by Crippen LogP contribution is 2.18. The zero-order valence-corrected chi connectivity index (χ0v) is 10.2. The topological polar surface area (TPSA) is 21.3 Å². The highest BCUT2D eigenvalue weighted by molar-refractivity contribution is 5.45. The lowest BCUT2D eigenvalue weighted by Crippen LogP contribution is -2.03. The van der Waals surface area contributed by atoms with Crippen LogP contribution in [0, 0.1) is 11.6 Å². The SMILES string of the molecule is Fc1ccc(F)c(NCc2ccc(OC(F)F)cc2)c1. The molecule has 2 nitrogen and oxygen atoms in total. The summed E-state index contributed by atoms with van der Waals surface area (Å²) in [4.78, 5) is 0. The molecule has 2 rings (SSSR count). The number of hydrogen-bond acceptors (Lipinski definition) is 2.